The van der Waals surface area contributed by atoms with Crippen molar-refractivity contribution in [3.63, 3.8) is 0 Å². The van der Waals surface area contributed by atoms with Crippen molar-refractivity contribution in [1.82, 2.24) is 0 Å². The van der Waals surface area contributed by atoms with Gasteiger partial charge in [-0.25, -0.2) is 0 Å². The molecule has 7 nitrogen and oxygen atoms in total. The molecule has 2 aliphatic carbocycles. The number of benzene rings is 4. The number of nitrogens with zero attached hydrogens (tertiary/aromatic N) is 2. The van der Waals surface area contributed by atoms with Gasteiger partial charge in [0.05, 0.1) is 11.7 Å². The topological polar surface area (TPSA) is 126 Å². The first-order chi connectivity index (χ1) is 20.9. The molecule has 0 aromatic heterocycles. The van der Waals surface area contributed by atoms with Crippen LogP contribution in [0.5, 0.6) is 5.75 Å². The molecule has 44 heavy (non-hydrogen) atoms. The zero-order valence-electron chi connectivity index (χ0n) is 24.2. The molecule has 0 atom stereocenters. The van der Waals surface area contributed by atoms with E-state index in [-0.39, 0.29) is 43.4 Å². The second-order valence-corrected chi connectivity index (χ2v) is 8.93. The number of amidine groups is 1. The average Bonchev–Trinajstić information content (AvgIpc) is 3.81. The summed E-state index contributed by atoms with van der Waals surface area (Å²) < 4.78 is 0. The van der Waals surface area contributed by atoms with E-state index in [0.29, 0.717) is 11.4 Å². The minimum atomic E-state index is -0.787. The Bertz CT molecular complexity index is 1440. The summed E-state index contributed by atoms with van der Waals surface area (Å²) in [5.74, 6) is -0.646. The summed E-state index contributed by atoms with van der Waals surface area (Å²) in [4.78, 5) is 11.7. The van der Waals surface area contributed by atoms with Crippen molar-refractivity contribution in [2.45, 2.75) is 6.92 Å². The van der Waals surface area contributed by atoms with E-state index in [4.69, 9.17) is 5.73 Å². The summed E-state index contributed by atoms with van der Waals surface area (Å²) >= 11 is 0. The smallest absolute Gasteiger partial charge is 0.872 e. The van der Waals surface area contributed by atoms with Crippen LogP contribution in [0.15, 0.2) is 107 Å². The quantitative estimate of drug-likeness (QED) is 0.175. The van der Waals surface area contributed by atoms with Crippen LogP contribution < -0.4 is 21.3 Å². The number of nitrogens with one attached hydrogen (secondary N) is 1. The number of para-hydroxylation sites is 2. The third kappa shape index (κ3) is 13.7. The van der Waals surface area contributed by atoms with Crippen molar-refractivity contribution in [1.29, 1.82) is 0 Å². The number of fused-ring (bicyclic) bond motifs is 1. The van der Waals surface area contributed by atoms with Gasteiger partial charge in [0.2, 0.25) is 0 Å². The van der Waals surface area contributed by atoms with Gasteiger partial charge in [0, 0.05) is 11.3 Å². The van der Waals surface area contributed by atoms with E-state index >= 15 is 0 Å². The van der Waals surface area contributed by atoms with Gasteiger partial charge in [-0.1, -0.05) is 84.6 Å². The maximum absolute atomic E-state index is 11.7. The Balaban J connectivity index is 0.000000230. The van der Waals surface area contributed by atoms with Crippen LogP contribution in [0.1, 0.15) is 22.8 Å². The zero-order valence-corrected chi connectivity index (χ0v) is 26.7. The van der Waals surface area contributed by atoms with Gasteiger partial charge in [0.1, 0.15) is 0 Å². The minimum Gasteiger partial charge on any atom is -0.872 e. The van der Waals surface area contributed by atoms with E-state index < -0.39 is 6.02 Å². The molecule has 0 unspecified atom stereocenters. The summed E-state index contributed by atoms with van der Waals surface area (Å²) in [6, 6.07) is 28.4. The molecular weight excluding hydrogens is 628 g/mol. The Labute approximate surface area is 280 Å². The second kappa shape index (κ2) is 21.0. The van der Waals surface area contributed by atoms with Crippen LogP contribution in [0.4, 0.5) is 5.69 Å². The van der Waals surface area contributed by atoms with Gasteiger partial charge in [-0.2, -0.15) is 5.10 Å². The van der Waals surface area contributed by atoms with Crippen LogP contribution in [0.3, 0.4) is 0 Å². The minimum absolute atomic E-state index is 0. The molecule has 10 radical (unpaired) electrons. The normalized spacial score (nSPS) is 14.0. The van der Waals surface area contributed by atoms with E-state index in [2.05, 4.69) is 15.5 Å². The van der Waals surface area contributed by atoms with Crippen molar-refractivity contribution >= 4 is 34.1 Å². The molecule has 3 N–H and O–H groups in total. The molecule has 0 aliphatic heterocycles. The predicted octanol–water partition coefficient (Wildman–Crippen LogP) is 5.29. The third-order valence-corrected chi connectivity index (χ3v) is 5.74. The van der Waals surface area contributed by atoms with Crippen molar-refractivity contribution in [3.05, 3.63) is 172 Å². The van der Waals surface area contributed by atoms with Gasteiger partial charge in [0.15, 0.2) is 0 Å². The first-order valence-electron chi connectivity index (χ1n) is 13.4. The van der Waals surface area contributed by atoms with Crippen molar-refractivity contribution < 1.29 is 41.2 Å². The first kappa shape index (κ1) is 36.4. The molecule has 4 aromatic rings. The average molecular weight is 660 g/mol. The molecule has 0 bridgehead atoms. The van der Waals surface area contributed by atoms with E-state index in [9.17, 15) is 15.0 Å². The Morgan fingerprint density at radius 3 is 1.70 bits per heavy atom. The van der Waals surface area contributed by atoms with Gasteiger partial charge < -0.3 is 21.3 Å². The first-order valence-corrected chi connectivity index (χ1v) is 13.4. The summed E-state index contributed by atoms with van der Waals surface area (Å²) in [6.45, 7) is 1.79. The van der Waals surface area contributed by atoms with Crippen molar-refractivity contribution in [3.8, 4) is 5.75 Å². The molecule has 4 aromatic carbocycles. The van der Waals surface area contributed by atoms with E-state index in [1.807, 2.05) is 125 Å². The second-order valence-electron chi connectivity index (χ2n) is 8.93. The number of amides is 1. The number of carbonyl (C=O) groups excluding carboxylic acids is 1. The molecule has 6 rings (SSSR count). The number of nitrogens with two attached hydrogens (primary N) is 1. The molecule has 0 saturated heterocycles. The zero-order chi connectivity index (χ0) is 30.7. The Hall–Kier alpha value is -3.77. The molecule has 1 amide bonds. The maximum atomic E-state index is 11.7. The number of anilines is 1. The molecule has 0 spiro atoms. The molecule has 216 valence electrons. The Morgan fingerprint density at radius 2 is 1.16 bits per heavy atom. The van der Waals surface area contributed by atoms with Crippen molar-refractivity contribution in [2.75, 3.05) is 5.32 Å². The van der Waals surface area contributed by atoms with Crippen LogP contribution in [0, 0.1) is 64.2 Å². The largest absolute Gasteiger partial charge is 4.00 e. The number of rotatable bonds is 4. The number of hydrogen-bond acceptors (Lipinski definition) is 5. The van der Waals surface area contributed by atoms with Crippen LogP contribution in [0.2, 0.25) is 0 Å². The van der Waals surface area contributed by atoms with E-state index in [1.165, 1.54) is 12.1 Å². The standard InChI is InChI=1S/C13H13N3O.C13H11NO2.2C5H5.Zr/c1-9(15-16-13(14)17)11-7-6-10-4-2-3-5-12(10)8-11;15-12-9-5-4-8-11(12)13(16)14-10-6-2-1-3-7-10;2*1-2-4-5-3-1;/h2-8H,1H3,(H3,14,16,17);1-9,15H,(H,14,16);2*1-5H;/q;;;;+4/p-2/b15-9+;;;;. The summed E-state index contributed by atoms with van der Waals surface area (Å²) in [5, 5.41) is 33.9. The van der Waals surface area contributed by atoms with Gasteiger partial charge >= 0.3 is 26.2 Å². The molecule has 2 aliphatic rings. The number of hydrogen-bond donors (Lipinski definition) is 2. The molecule has 2 fully saturated rings. The summed E-state index contributed by atoms with van der Waals surface area (Å²) in [5.41, 5.74) is 7.32. The Morgan fingerprint density at radius 1 is 0.659 bits per heavy atom. The maximum Gasteiger partial charge on any atom is 4.00 e. The van der Waals surface area contributed by atoms with Gasteiger partial charge in [0.25, 0.3) is 5.91 Å². The van der Waals surface area contributed by atoms with Crippen LogP contribution in [-0.2, 0) is 26.2 Å². The third-order valence-electron chi connectivity index (χ3n) is 5.74. The predicted molar refractivity (Wildman–Crippen MR) is 171 cm³/mol. The number of carbonyl (C=O) groups is 1. The van der Waals surface area contributed by atoms with E-state index in [1.54, 1.807) is 31.2 Å². The van der Waals surface area contributed by atoms with Crippen LogP contribution in [-0.4, -0.2) is 17.6 Å². The molecule has 0 heterocycles. The van der Waals surface area contributed by atoms with E-state index in [0.717, 1.165) is 16.3 Å². The van der Waals surface area contributed by atoms with Crippen LogP contribution in [0.25, 0.3) is 10.8 Å². The monoisotopic (exact) mass is 658 g/mol. The van der Waals surface area contributed by atoms with Gasteiger partial charge in [-0.05, 0) is 106 Å². The van der Waals surface area contributed by atoms with Gasteiger partial charge in [-0.15, -0.1) is 5.10 Å². The fourth-order valence-electron chi connectivity index (χ4n) is 3.61. The SMILES string of the molecule is C/C(=N\N=C(\N)[O-])c1ccc2ccccc2c1.O=C(Nc1ccccc1)c1ccccc1[O-].[CH]1[CH][CH][CH][CH]1.[CH]1[CH][CH][CH][CH]1.[Zr+4]. The molecule has 2 saturated carbocycles. The van der Waals surface area contributed by atoms with Crippen molar-refractivity contribution in [2.24, 2.45) is 15.9 Å². The molecular formula is C36H32N4O3Zr+2. The molecule has 8 heteroatoms. The van der Waals surface area contributed by atoms with Crippen LogP contribution >= 0.6 is 0 Å². The summed E-state index contributed by atoms with van der Waals surface area (Å²) in [7, 11) is 0. The van der Waals surface area contributed by atoms with Gasteiger partial charge in [-0.3, -0.25) is 4.79 Å². The Kier molecular flexibility index (Phi) is 17.4. The fraction of sp³-hybridized carbons (Fsp3) is 0.0278. The summed E-state index contributed by atoms with van der Waals surface area (Å²) in [6.07, 6.45) is 20.0. The fourth-order valence-corrected chi connectivity index (χ4v) is 3.61.